The predicted molar refractivity (Wildman–Crippen MR) is 101 cm³/mol. The van der Waals surface area contributed by atoms with Crippen LogP contribution in [0.5, 0.6) is 5.75 Å². The minimum Gasteiger partial charge on any atom is -0.493 e. The van der Waals surface area contributed by atoms with Gasteiger partial charge in [-0.05, 0) is 37.5 Å². The molecule has 4 heteroatoms. The molecule has 0 amide bonds. The lowest BCUT2D eigenvalue weighted by atomic mass is 10.1. The van der Waals surface area contributed by atoms with Crippen LogP contribution in [0.2, 0.25) is 0 Å². The van der Waals surface area contributed by atoms with Crippen molar-refractivity contribution in [2.24, 2.45) is 0 Å². The highest BCUT2D eigenvalue weighted by Crippen LogP contribution is 2.32. The van der Waals surface area contributed by atoms with Gasteiger partial charge in [-0.3, -0.25) is 4.79 Å². The van der Waals surface area contributed by atoms with Gasteiger partial charge in [0.15, 0.2) is 0 Å². The molecule has 1 N–H and O–H groups in total. The van der Waals surface area contributed by atoms with E-state index in [1.165, 1.54) is 5.39 Å². The Labute approximate surface area is 148 Å². The van der Waals surface area contributed by atoms with Crippen LogP contribution in [0, 0.1) is 0 Å². The Hall–Kier alpha value is -2.49. The van der Waals surface area contributed by atoms with Gasteiger partial charge in [0.2, 0.25) is 0 Å². The van der Waals surface area contributed by atoms with Crippen molar-refractivity contribution in [2.45, 2.75) is 39.0 Å². The van der Waals surface area contributed by atoms with Gasteiger partial charge >= 0.3 is 5.97 Å². The fraction of sp³-hybridized carbons (Fsp3) is 0.381. The SMILES string of the molecule is CCCCOC(=O)CCCCOc1cccc2[nH]c3ccccc3c12. The Balaban J connectivity index is 1.53. The van der Waals surface area contributed by atoms with E-state index in [9.17, 15) is 4.79 Å². The normalized spacial score (nSPS) is 11.1. The van der Waals surface area contributed by atoms with E-state index in [2.05, 4.69) is 30.1 Å². The highest BCUT2D eigenvalue weighted by molar-refractivity contribution is 6.10. The summed E-state index contributed by atoms with van der Waals surface area (Å²) in [6, 6.07) is 14.3. The molecule has 0 saturated heterocycles. The zero-order valence-corrected chi connectivity index (χ0v) is 14.7. The van der Waals surface area contributed by atoms with Crippen molar-refractivity contribution in [2.75, 3.05) is 13.2 Å². The first-order valence-electron chi connectivity index (χ1n) is 9.07. The molecule has 25 heavy (non-hydrogen) atoms. The molecule has 2 aromatic carbocycles. The maximum atomic E-state index is 11.6. The number of aromatic amines is 1. The molecule has 0 saturated carbocycles. The quantitative estimate of drug-likeness (QED) is 0.430. The number of H-pyrrole nitrogens is 1. The fourth-order valence-corrected chi connectivity index (χ4v) is 2.94. The maximum Gasteiger partial charge on any atom is 0.305 e. The Kier molecular flexibility index (Phi) is 5.94. The van der Waals surface area contributed by atoms with Gasteiger partial charge in [-0.1, -0.05) is 37.6 Å². The van der Waals surface area contributed by atoms with E-state index in [0.29, 0.717) is 19.6 Å². The van der Waals surface area contributed by atoms with Gasteiger partial charge < -0.3 is 14.5 Å². The number of esters is 1. The van der Waals surface area contributed by atoms with Crippen LogP contribution in [-0.2, 0) is 9.53 Å². The van der Waals surface area contributed by atoms with E-state index < -0.39 is 0 Å². The molecule has 0 aliphatic carbocycles. The third kappa shape index (κ3) is 4.32. The van der Waals surface area contributed by atoms with E-state index in [4.69, 9.17) is 9.47 Å². The smallest absolute Gasteiger partial charge is 0.305 e. The molecule has 3 rings (SSSR count). The average molecular weight is 339 g/mol. The molecule has 0 radical (unpaired) electrons. The standard InChI is InChI=1S/C21H25NO3/c1-2-3-14-25-20(23)13-6-7-15-24-19-12-8-11-18-21(19)16-9-4-5-10-17(16)22-18/h4-5,8-12,22H,2-3,6-7,13-15H2,1H3. The monoisotopic (exact) mass is 339 g/mol. The number of ether oxygens (including phenoxy) is 2. The molecule has 0 aliphatic heterocycles. The number of rotatable bonds is 9. The second kappa shape index (κ2) is 8.56. The summed E-state index contributed by atoms with van der Waals surface area (Å²) in [5.41, 5.74) is 2.20. The minimum absolute atomic E-state index is 0.104. The number of aromatic nitrogens is 1. The van der Waals surface area contributed by atoms with Crippen molar-refractivity contribution in [1.82, 2.24) is 4.98 Å². The number of hydrogen-bond donors (Lipinski definition) is 1. The topological polar surface area (TPSA) is 51.3 Å². The zero-order chi connectivity index (χ0) is 17.5. The zero-order valence-electron chi connectivity index (χ0n) is 14.7. The van der Waals surface area contributed by atoms with Crippen molar-refractivity contribution in [3.63, 3.8) is 0 Å². The second-order valence-electron chi connectivity index (χ2n) is 6.23. The summed E-state index contributed by atoms with van der Waals surface area (Å²) in [6.07, 6.45) is 4.06. The van der Waals surface area contributed by atoms with Crippen LogP contribution >= 0.6 is 0 Å². The van der Waals surface area contributed by atoms with Crippen molar-refractivity contribution >= 4 is 27.8 Å². The van der Waals surface area contributed by atoms with Gasteiger partial charge in [-0.25, -0.2) is 0 Å². The summed E-state index contributed by atoms with van der Waals surface area (Å²) in [7, 11) is 0. The van der Waals surface area contributed by atoms with Crippen LogP contribution in [0.25, 0.3) is 21.8 Å². The van der Waals surface area contributed by atoms with Crippen molar-refractivity contribution in [3.05, 3.63) is 42.5 Å². The lowest BCUT2D eigenvalue weighted by molar-refractivity contribution is -0.143. The molecule has 1 heterocycles. The fourth-order valence-electron chi connectivity index (χ4n) is 2.94. The van der Waals surface area contributed by atoms with Gasteiger partial charge in [0, 0.05) is 22.7 Å². The molecule has 0 fully saturated rings. The third-order valence-corrected chi connectivity index (χ3v) is 4.29. The van der Waals surface area contributed by atoms with Gasteiger partial charge in [0.05, 0.1) is 18.7 Å². The molecule has 0 aliphatic rings. The number of fused-ring (bicyclic) bond motifs is 3. The van der Waals surface area contributed by atoms with Gasteiger partial charge in [0.1, 0.15) is 5.75 Å². The first-order chi connectivity index (χ1) is 12.3. The number of carbonyl (C=O) groups excluding carboxylic acids is 1. The minimum atomic E-state index is -0.104. The van der Waals surface area contributed by atoms with Gasteiger partial charge in [0.25, 0.3) is 0 Å². The van der Waals surface area contributed by atoms with E-state index in [-0.39, 0.29) is 5.97 Å². The number of nitrogens with one attached hydrogen (secondary N) is 1. The van der Waals surface area contributed by atoms with Crippen LogP contribution in [0.15, 0.2) is 42.5 Å². The Morgan fingerprint density at radius 1 is 0.960 bits per heavy atom. The first kappa shape index (κ1) is 17.3. The highest BCUT2D eigenvalue weighted by Gasteiger charge is 2.09. The molecule has 0 bridgehead atoms. The first-order valence-corrected chi connectivity index (χ1v) is 9.07. The van der Waals surface area contributed by atoms with Crippen LogP contribution in [0.4, 0.5) is 0 Å². The second-order valence-corrected chi connectivity index (χ2v) is 6.23. The lowest BCUT2D eigenvalue weighted by Crippen LogP contribution is -2.06. The third-order valence-electron chi connectivity index (χ3n) is 4.29. The summed E-state index contributed by atoms with van der Waals surface area (Å²) in [6.45, 7) is 3.22. The van der Waals surface area contributed by atoms with Crippen LogP contribution < -0.4 is 4.74 Å². The van der Waals surface area contributed by atoms with Crippen molar-refractivity contribution in [1.29, 1.82) is 0 Å². The Morgan fingerprint density at radius 3 is 2.68 bits per heavy atom. The largest absolute Gasteiger partial charge is 0.493 e. The Bertz CT molecular complexity index is 837. The number of hydrogen-bond acceptors (Lipinski definition) is 3. The highest BCUT2D eigenvalue weighted by atomic mass is 16.5. The summed E-state index contributed by atoms with van der Waals surface area (Å²) in [5.74, 6) is 0.785. The predicted octanol–water partition coefficient (Wildman–Crippen LogP) is 5.21. The van der Waals surface area contributed by atoms with Crippen LogP contribution in [0.3, 0.4) is 0 Å². The van der Waals surface area contributed by atoms with Crippen LogP contribution in [0.1, 0.15) is 39.0 Å². The number of carbonyl (C=O) groups is 1. The molecule has 0 atom stereocenters. The lowest BCUT2D eigenvalue weighted by Gasteiger charge is -2.08. The molecule has 132 valence electrons. The van der Waals surface area contributed by atoms with Crippen LogP contribution in [-0.4, -0.2) is 24.2 Å². The summed E-state index contributed by atoms with van der Waals surface area (Å²) >= 11 is 0. The molecule has 4 nitrogen and oxygen atoms in total. The summed E-state index contributed by atoms with van der Waals surface area (Å²) < 4.78 is 11.2. The Morgan fingerprint density at radius 2 is 1.80 bits per heavy atom. The number of unbranched alkanes of at least 4 members (excludes halogenated alkanes) is 2. The van der Waals surface area contributed by atoms with Gasteiger partial charge in [-0.2, -0.15) is 0 Å². The maximum absolute atomic E-state index is 11.6. The molecule has 0 spiro atoms. The van der Waals surface area contributed by atoms with Gasteiger partial charge in [-0.15, -0.1) is 0 Å². The number of para-hydroxylation sites is 1. The van der Waals surface area contributed by atoms with E-state index >= 15 is 0 Å². The summed E-state index contributed by atoms with van der Waals surface area (Å²) in [5, 5.41) is 2.30. The average Bonchev–Trinajstić information content (AvgIpc) is 3.01. The van der Waals surface area contributed by atoms with Crippen molar-refractivity contribution in [3.8, 4) is 5.75 Å². The van der Waals surface area contributed by atoms with E-state index in [0.717, 1.165) is 47.9 Å². The summed E-state index contributed by atoms with van der Waals surface area (Å²) in [4.78, 5) is 15.0. The molecule has 1 aromatic heterocycles. The molecular weight excluding hydrogens is 314 g/mol. The van der Waals surface area contributed by atoms with E-state index in [1.807, 2.05) is 24.3 Å². The molecule has 0 unspecified atom stereocenters. The van der Waals surface area contributed by atoms with E-state index in [1.54, 1.807) is 0 Å². The molecular formula is C21H25NO3. The molecule has 3 aromatic rings. The van der Waals surface area contributed by atoms with Crippen molar-refractivity contribution < 1.29 is 14.3 Å². The number of benzene rings is 2.